The summed E-state index contributed by atoms with van der Waals surface area (Å²) in [4.78, 5) is 27.4. The number of carbonyl (C=O) groups excluding carboxylic acids is 2. The second-order valence-corrected chi connectivity index (χ2v) is 8.06. The minimum atomic E-state index is -4.61. The first-order valence-electron chi connectivity index (χ1n) is 10.9. The van der Waals surface area contributed by atoms with Crippen molar-refractivity contribution >= 4 is 17.7 Å². The van der Waals surface area contributed by atoms with Crippen molar-refractivity contribution in [3.8, 4) is 6.07 Å². The van der Waals surface area contributed by atoms with Crippen LogP contribution in [0, 0.1) is 11.3 Å². The lowest BCUT2D eigenvalue weighted by atomic mass is 9.94. The number of benzene rings is 3. The van der Waals surface area contributed by atoms with Gasteiger partial charge in [0, 0.05) is 5.70 Å². The van der Waals surface area contributed by atoms with Crippen LogP contribution in [-0.4, -0.2) is 12.0 Å². The number of halogens is 3. The number of hydrogen-bond acceptors (Lipinski definition) is 4. The molecule has 4 rings (SSSR count). The molecule has 0 bridgehead atoms. The lowest BCUT2D eigenvalue weighted by Gasteiger charge is -2.35. The third-order valence-corrected chi connectivity index (χ3v) is 5.72. The van der Waals surface area contributed by atoms with Crippen molar-refractivity contribution < 1.29 is 27.5 Å². The largest absolute Gasteiger partial charge is 0.457 e. The molecule has 0 saturated heterocycles. The van der Waals surface area contributed by atoms with Crippen molar-refractivity contribution in [1.29, 1.82) is 5.26 Å². The maximum atomic E-state index is 13.3. The summed E-state index contributed by atoms with van der Waals surface area (Å²) in [5.41, 5.74) is 0.860. The Balaban J connectivity index is 1.77. The monoisotopic (exact) mass is 491 g/mol. The van der Waals surface area contributed by atoms with Gasteiger partial charge in [0.1, 0.15) is 6.61 Å². The average molecular weight is 491 g/mol. The maximum absolute atomic E-state index is 13.3. The van der Waals surface area contributed by atoms with E-state index < -0.39 is 29.8 Å². The van der Waals surface area contributed by atoms with Crippen molar-refractivity contribution in [2.24, 2.45) is 0 Å². The maximum Gasteiger partial charge on any atom is 0.416 e. The second kappa shape index (κ2) is 9.96. The zero-order valence-electron chi connectivity index (χ0n) is 19.0. The van der Waals surface area contributed by atoms with Gasteiger partial charge >= 0.3 is 18.2 Å². The molecule has 9 heteroatoms. The molecular weight excluding hydrogens is 471 g/mol. The van der Waals surface area contributed by atoms with Crippen molar-refractivity contribution in [3.63, 3.8) is 0 Å². The molecule has 6 nitrogen and oxygen atoms in total. The van der Waals surface area contributed by atoms with E-state index in [4.69, 9.17) is 10.00 Å². The number of amides is 2. The van der Waals surface area contributed by atoms with Crippen LogP contribution in [0.2, 0.25) is 0 Å². The molecule has 3 aromatic carbocycles. The fourth-order valence-electron chi connectivity index (χ4n) is 3.94. The van der Waals surface area contributed by atoms with E-state index in [0.717, 1.165) is 22.6 Å². The quantitative estimate of drug-likeness (QED) is 0.453. The van der Waals surface area contributed by atoms with Crippen molar-refractivity contribution in [2.45, 2.75) is 25.7 Å². The topological polar surface area (TPSA) is 82.4 Å². The van der Waals surface area contributed by atoms with Crippen molar-refractivity contribution in [2.75, 3.05) is 4.90 Å². The molecule has 0 spiro atoms. The van der Waals surface area contributed by atoms with E-state index in [1.807, 2.05) is 12.1 Å². The van der Waals surface area contributed by atoms with Crippen LogP contribution < -0.4 is 10.2 Å². The Morgan fingerprint density at radius 1 is 1.06 bits per heavy atom. The van der Waals surface area contributed by atoms with Gasteiger partial charge in [-0.1, -0.05) is 48.5 Å². The van der Waals surface area contributed by atoms with Crippen LogP contribution in [0.4, 0.5) is 23.7 Å². The summed E-state index contributed by atoms with van der Waals surface area (Å²) in [7, 11) is 0. The molecule has 0 aromatic heterocycles. The summed E-state index contributed by atoms with van der Waals surface area (Å²) in [5.74, 6) is -0.734. The number of alkyl halides is 3. The average Bonchev–Trinajstić information content (AvgIpc) is 2.87. The van der Waals surface area contributed by atoms with E-state index in [1.165, 1.54) is 19.1 Å². The van der Waals surface area contributed by atoms with E-state index in [0.29, 0.717) is 11.1 Å². The van der Waals surface area contributed by atoms with Crippen LogP contribution in [0.15, 0.2) is 90.1 Å². The van der Waals surface area contributed by atoms with Gasteiger partial charge in [0.15, 0.2) is 0 Å². The minimum absolute atomic E-state index is 0.0337. The number of nitriles is 1. The van der Waals surface area contributed by atoms with Gasteiger partial charge in [0.25, 0.3) is 0 Å². The number of hydrogen-bond donors (Lipinski definition) is 1. The third-order valence-electron chi connectivity index (χ3n) is 5.72. The highest BCUT2D eigenvalue weighted by Crippen LogP contribution is 2.37. The molecule has 1 aliphatic heterocycles. The van der Waals surface area contributed by atoms with Gasteiger partial charge in [0.2, 0.25) is 0 Å². The van der Waals surface area contributed by atoms with E-state index in [2.05, 4.69) is 5.32 Å². The van der Waals surface area contributed by atoms with Gasteiger partial charge in [-0.25, -0.2) is 9.59 Å². The zero-order chi connectivity index (χ0) is 25.9. The number of anilines is 1. The van der Waals surface area contributed by atoms with Crippen molar-refractivity contribution in [3.05, 3.63) is 112 Å². The lowest BCUT2D eigenvalue weighted by molar-refractivity contribution is -0.141. The van der Waals surface area contributed by atoms with Crippen LogP contribution in [0.5, 0.6) is 0 Å². The van der Waals surface area contributed by atoms with Crippen LogP contribution in [0.1, 0.15) is 35.2 Å². The number of rotatable bonds is 5. The van der Waals surface area contributed by atoms with Crippen LogP contribution in [-0.2, 0) is 22.3 Å². The number of esters is 1. The Labute approximate surface area is 205 Å². The number of nitrogens with one attached hydrogen (secondary N) is 1. The summed E-state index contributed by atoms with van der Waals surface area (Å²) >= 11 is 0. The SMILES string of the molecule is CC1=C(C(=O)OCc2ccccc2)C(c2ccc(C#N)cc2)NC(=O)N1c1cccc(C(F)(F)F)c1. The van der Waals surface area contributed by atoms with E-state index in [9.17, 15) is 22.8 Å². The highest BCUT2D eigenvalue weighted by atomic mass is 19.4. The molecule has 1 unspecified atom stereocenters. The molecule has 1 atom stereocenters. The molecule has 3 aromatic rings. The first-order chi connectivity index (χ1) is 17.2. The van der Waals surface area contributed by atoms with Crippen molar-refractivity contribution in [1.82, 2.24) is 5.32 Å². The summed E-state index contributed by atoms with van der Waals surface area (Å²) in [6.45, 7) is 1.45. The Bertz CT molecular complexity index is 1360. The number of nitrogens with zero attached hydrogens (tertiary/aromatic N) is 2. The molecule has 36 heavy (non-hydrogen) atoms. The first kappa shape index (κ1) is 24.5. The molecule has 182 valence electrons. The number of urea groups is 1. The molecule has 1 N–H and O–H groups in total. The van der Waals surface area contributed by atoms with Crippen LogP contribution in [0.25, 0.3) is 0 Å². The molecule has 0 saturated carbocycles. The Morgan fingerprint density at radius 3 is 2.39 bits per heavy atom. The molecule has 2 amide bonds. The summed E-state index contributed by atoms with van der Waals surface area (Å²) in [6.07, 6.45) is -4.61. The second-order valence-electron chi connectivity index (χ2n) is 8.06. The summed E-state index contributed by atoms with van der Waals surface area (Å²) in [6, 6.07) is 19.9. The summed E-state index contributed by atoms with van der Waals surface area (Å²) < 4.78 is 45.5. The van der Waals surface area contributed by atoms with Gasteiger partial charge in [-0.3, -0.25) is 4.90 Å². The van der Waals surface area contributed by atoms with Crippen LogP contribution >= 0.6 is 0 Å². The van der Waals surface area contributed by atoms with Gasteiger partial charge in [-0.05, 0) is 48.4 Å². The molecule has 0 fully saturated rings. The van der Waals surface area contributed by atoms with E-state index >= 15 is 0 Å². The predicted molar refractivity (Wildman–Crippen MR) is 125 cm³/mol. The normalized spacial score (nSPS) is 15.8. The van der Waals surface area contributed by atoms with Gasteiger partial charge < -0.3 is 10.1 Å². The fourth-order valence-corrected chi connectivity index (χ4v) is 3.94. The Morgan fingerprint density at radius 2 is 1.75 bits per heavy atom. The van der Waals surface area contributed by atoms with Crippen LogP contribution in [0.3, 0.4) is 0 Å². The van der Waals surface area contributed by atoms with Gasteiger partial charge in [-0.15, -0.1) is 0 Å². The molecule has 0 radical (unpaired) electrons. The third kappa shape index (κ3) is 5.08. The zero-order valence-corrected chi connectivity index (χ0v) is 19.0. The molecular formula is C27H20F3N3O3. The summed E-state index contributed by atoms with van der Waals surface area (Å²) in [5, 5.41) is 11.8. The standard InChI is InChI=1S/C27H20F3N3O3/c1-17-23(25(34)36-16-19-6-3-2-4-7-19)24(20-12-10-18(15-31)11-13-20)32-26(35)33(17)22-9-5-8-21(14-22)27(28,29)30/h2-14,24H,16H2,1H3,(H,32,35). The predicted octanol–water partition coefficient (Wildman–Crippen LogP) is 5.87. The Hall–Kier alpha value is -4.58. The lowest BCUT2D eigenvalue weighted by Crippen LogP contribution is -2.48. The Kier molecular flexibility index (Phi) is 6.79. The first-order valence-corrected chi connectivity index (χ1v) is 10.9. The highest BCUT2D eigenvalue weighted by Gasteiger charge is 2.38. The van der Waals surface area contributed by atoms with Gasteiger partial charge in [-0.2, -0.15) is 18.4 Å². The van der Waals surface area contributed by atoms with E-state index in [1.54, 1.807) is 48.5 Å². The molecule has 1 aliphatic rings. The van der Waals surface area contributed by atoms with Gasteiger partial charge in [0.05, 0.1) is 34.5 Å². The highest BCUT2D eigenvalue weighted by molar-refractivity contribution is 6.03. The molecule has 1 heterocycles. The number of ether oxygens (including phenoxy) is 1. The van der Waals surface area contributed by atoms with E-state index in [-0.39, 0.29) is 23.6 Å². The fraction of sp³-hybridized carbons (Fsp3) is 0.148. The smallest absolute Gasteiger partial charge is 0.416 e. The minimum Gasteiger partial charge on any atom is -0.457 e. The number of carbonyl (C=O) groups is 2. The number of allylic oxidation sites excluding steroid dienone is 1. The molecule has 0 aliphatic carbocycles.